The van der Waals surface area contributed by atoms with E-state index in [1.807, 2.05) is 0 Å². The summed E-state index contributed by atoms with van der Waals surface area (Å²) in [5.41, 5.74) is 6.41. The number of nitrogens with zero attached hydrogens (tertiary/aromatic N) is 1. The van der Waals surface area contributed by atoms with E-state index in [1.165, 1.54) is 4.88 Å². The molecule has 0 aliphatic heterocycles. The minimum absolute atomic E-state index is 0.402. The first-order valence-corrected chi connectivity index (χ1v) is 7.14. The fourth-order valence-electron chi connectivity index (χ4n) is 1.61. The maximum Gasteiger partial charge on any atom is 0.0589 e. The molecule has 0 atom stereocenters. The van der Waals surface area contributed by atoms with Gasteiger partial charge in [0, 0.05) is 49.7 Å². The molecule has 0 unspecified atom stereocenters. The number of thiophene rings is 1. The molecular formula is C14H22N2O2S. The zero-order chi connectivity index (χ0) is 13.9. The van der Waals surface area contributed by atoms with E-state index < -0.39 is 0 Å². The molecule has 0 aliphatic rings. The summed E-state index contributed by atoms with van der Waals surface area (Å²) in [5, 5.41) is 2.07. The first-order valence-electron chi connectivity index (χ1n) is 6.26. The first-order chi connectivity index (χ1) is 9.30. The van der Waals surface area contributed by atoms with Crippen molar-refractivity contribution in [1.82, 2.24) is 4.90 Å². The van der Waals surface area contributed by atoms with Crippen molar-refractivity contribution in [3.05, 3.63) is 21.9 Å². The molecule has 0 spiro atoms. The second-order valence-electron chi connectivity index (χ2n) is 4.07. The zero-order valence-corrected chi connectivity index (χ0v) is 12.5. The summed E-state index contributed by atoms with van der Waals surface area (Å²) in [6, 6.07) is 2.12. The van der Waals surface area contributed by atoms with Crippen molar-refractivity contribution in [1.29, 1.82) is 0 Å². The summed E-state index contributed by atoms with van der Waals surface area (Å²) >= 11 is 1.73. The molecule has 0 aliphatic carbocycles. The number of rotatable bonds is 8. The quantitative estimate of drug-likeness (QED) is 0.727. The molecule has 0 fully saturated rings. The highest BCUT2D eigenvalue weighted by molar-refractivity contribution is 7.10. The van der Waals surface area contributed by atoms with Gasteiger partial charge >= 0.3 is 0 Å². The Balaban J connectivity index is 2.53. The number of hydrogen-bond donors (Lipinski definition) is 1. The predicted molar refractivity (Wildman–Crippen MR) is 79.3 cm³/mol. The summed E-state index contributed by atoms with van der Waals surface area (Å²) in [6.45, 7) is 4.58. The van der Waals surface area contributed by atoms with Crippen molar-refractivity contribution in [3.8, 4) is 11.8 Å². The van der Waals surface area contributed by atoms with Gasteiger partial charge < -0.3 is 15.2 Å². The molecule has 0 amide bonds. The van der Waals surface area contributed by atoms with Gasteiger partial charge in [0.2, 0.25) is 0 Å². The van der Waals surface area contributed by atoms with E-state index in [-0.39, 0.29) is 0 Å². The van der Waals surface area contributed by atoms with Crippen molar-refractivity contribution in [2.24, 2.45) is 5.73 Å². The maximum absolute atomic E-state index is 5.37. The Hall–Kier alpha value is -0.900. The van der Waals surface area contributed by atoms with E-state index in [4.69, 9.17) is 15.2 Å². The van der Waals surface area contributed by atoms with Crippen LogP contribution in [-0.2, 0) is 16.0 Å². The van der Waals surface area contributed by atoms with Gasteiger partial charge in [-0.05, 0) is 6.07 Å². The van der Waals surface area contributed by atoms with E-state index in [0.717, 1.165) is 38.4 Å². The molecule has 19 heavy (non-hydrogen) atoms. The largest absolute Gasteiger partial charge is 0.383 e. The van der Waals surface area contributed by atoms with E-state index in [1.54, 1.807) is 25.6 Å². The summed E-state index contributed by atoms with van der Waals surface area (Å²) < 4.78 is 10.3. The lowest BCUT2D eigenvalue weighted by Gasteiger charge is -2.20. The Morgan fingerprint density at radius 3 is 2.53 bits per heavy atom. The maximum atomic E-state index is 5.37. The van der Waals surface area contributed by atoms with Crippen LogP contribution in [-0.4, -0.2) is 52.0 Å². The molecule has 1 rings (SSSR count). The van der Waals surface area contributed by atoms with E-state index in [9.17, 15) is 0 Å². The van der Waals surface area contributed by atoms with Crippen LogP contribution in [0.15, 0.2) is 11.4 Å². The molecule has 0 saturated carbocycles. The van der Waals surface area contributed by atoms with Crippen molar-refractivity contribution in [3.63, 3.8) is 0 Å². The Morgan fingerprint density at radius 1 is 1.26 bits per heavy atom. The highest BCUT2D eigenvalue weighted by Crippen LogP contribution is 2.16. The number of hydrogen-bond acceptors (Lipinski definition) is 5. The van der Waals surface area contributed by atoms with E-state index in [2.05, 4.69) is 28.2 Å². The summed E-state index contributed by atoms with van der Waals surface area (Å²) in [6.07, 6.45) is 0. The van der Waals surface area contributed by atoms with Crippen molar-refractivity contribution in [2.75, 3.05) is 47.1 Å². The van der Waals surface area contributed by atoms with E-state index >= 15 is 0 Å². The zero-order valence-electron chi connectivity index (χ0n) is 11.6. The Bertz CT molecular complexity index is 401. The third-order valence-corrected chi connectivity index (χ3v) is 3.51. The number of methoxy groups -OCH3 is 2. The molecule has 106 valence electrons. The highest BCUT2D eigenvalue weighted by atomic mass is 32.1. The lowest BCUT2D eigenvalue weighted by molar-refractivity contribution is 0.111. The average molecular weight is 282 g/mol. The van der Waals surface area contributed by atoms with Crippen LogP contribution >= 0.6 is 11.3 Å². The monoisotopic (exact) mass is 282 g/mol. The van der Waals surface area contributed by atoms with Crippen molar-refractivity contribution >= 4 is 11.3 Å². The van der Waals surface area contributed by atoms with Gasteiger partial charge in [-0.15, -0.1) is 11.3 Å². The molecule has 1 heterocycles. The first kappa shape index (κ1) is 16.2. The second-order valence-corrected chi connectivity index (χ2v) is 5.07. The molecule has 5 heteroatoms. The third-order valence-electron chi connectivity index (χ3n) is 2.59. The molecule has 2 N–H and O–H groups in total. The van der Waals surface area contributed by atoms with Crippen LogP contribution < -0.4 is 5.73 Å². The van der Waals surface area contributed by atoms with Crippen molar-refractivity contribution in [2.45, 2.75) is 6.54 Å². The van der Waals surface area contributed by atoms with Gasteiger partial charge in [0.05, 0.1) is 19.8 Å². The van der Waals surface area contributed by atoms with Crippen molar-refractivity contribution < 1.29 is 9.47 Å². The van der Waals surface area contributed by atoms with Crippen LogP contribution in [0.5, 0.6) is 0 Å². The van der Waals surface area contributed by atoms with Gasteiger partial charge in [-0.25, -0.2) is 0 Å². The van der Waals surface area contributed by atoms with Crippen LogP contribution in [0.3, 0.4) is 0 Å². The van der Waals surface area contributed by atoms with Gasteiger partial charge in [0.15, 0.2) is 0 Å². The van der Waals surface area contributed by atoms with Gasteiger partial charge in [-0.1, -0.05) is 11.8 Å². The minimum atomic E-state index is 0.402. The Morgan fingerprint density at radius 2 is 1.95 bits per heavy atom. The molecule has 0 bridgehead atoms. The van der Waals surface area contributed by atoms with Gasteiger partial charge in [0.25, 0.3) is 0 Å². The SMILES string of the molecule is COCCN(CCOC)Cc1cc(C#CCN)cs1. The number of ether oxygens (including phenoxy) is 2. The average Bonchev–Trinajstić information content (AvgIpc) is 2.87. The standard InChI is InChI=1S/C14H22N2O2S/c1-17-8-6-16(7-9-18-2)11-14-10-13(12-19-14)4-3-5-15/h10,12H,5-9,11,15H2,1-2H3. The molecule has 0 radical (unpaired) electrons. The topological polar surface area (TPSA) is 47.7 Å². The molecule has 0 aromatic carbocycles. The Labute approximate surface area is 119 Å². The van der Waals surface area contributed by atoms with Gasteiger partial charge in [-0.2, -0.15) is 0 Å². The van der Waals surface area contributed by atoms with Crippen LogP contribution in [0.4, 0.5) is 0 Å². The van der Waals surface area contributed by atoms with E-state index in [0.29, 0.717) is 6.54 Å². The molecular weight excluding hydrogens is 260 g/mol. The van der Waals surface area contributed by atoms with Gasteiger partial charge in [-0.3, -0.25) is 4.90 Å². The Kier molecular flexibility index (Phi) is 8.47. The molecule has 1 aromatic rings. The second kappa shape index (κ2) is 9.96. The summed E-state index contributed by atoms with van der Waals surface area (Å²) in [5.74, 6) is 5.92. The fraction of sp³-hybridized carbons (Fsp3) is 0.571. The summed E-state index contributed by atoms with van der Waals surface area (Å²) in [7, 11) is 3.44. The predicted octanol–water partition coefficient (Wildman–Crippen LogP) is 1.15. The lowest BCUT2D eigenvalue weighted by Crippen LogP contribution is -2.29. The van der Waals surface area contributed by atoms with Crippen LogP contribution in [0.1, 0.15) is 10.4 Å². The molecule has 0 saturated heterocycles. The van der Waals surface area contributed by atoms with Gasteiger partial charge in [0.1, 0.15) is 0 Å². The van der Waals surface area contributed by atoms with Crippen LogP contribution in [0, 0.1) is 11.8 Å². The molecule has 4 nitrogen and oxygen atoms in total. The fourth-order valence-corrected chi connectivity index (χ4v) is 2.47. The third kappa shape index (κ3) is 6.71. The minimum Gasteiger partial charge on any atom is -0.383 e. The highest BCUT2D eigenvalue weighted by Gasteiger charge is 2.07. The number of nitrogens with two attached hydrogens (primary N) is 1. The lowest BCUT2D eigenvalue weighted by atomic mass is 10.3. The smallest absolute Gasteiger partial charge is 0.0589 e. The molecule has 1 aromatic heterocycles. The van der Waals surface area contributed by atoms with Crippen LogP contribution in [0.25, 0.3) is 0 Å². The summed E-state index contributed by atoms with van der Waals surface area (Å²) in [4.78, 5) is 3.62. The van der Waals surface area contributed by atoms with Crippen LogP contribution in [0.2, 0.25) is 0 Å². The normalized spacial score (nSPS) is 10.5.